The zero-order valence-electron chi connectivity index (χ0n) is 17.9. The van der Waals surface area contributed by atoms with Crippen LogP contribution in [0.1, 0.15) is 11.3 Å². The summed E-state index contributed by atoms with van der Waals surface area (Å²) in [4.78, 5) is 29.2. The van der Waals surface area contributed by atoms with Gasteiger partial charge in [0.25, 0.3) is 5.56 Å². The molecule has 0 saturated carbocycles. The summed E-state index contributed by atoms with van der Waals surface area (Å²) < 4.78 is 42.1. The van der Waals surface area contributed by atoms with Crippen molar-refractivity contribution in [1.82, 2.24) is 9.55 Å². The molecule has 10 heteroatoms. The Labute approximate surface area is 191 Å². The molecule has 3 aromatic carbocycles. The number of rotatable bonds is 5. The topological polar surface area (TPSA) is 85.2 Å². The molecule has 0 aliphatic carbocycles. The Hall–Kier alpha value is -4.34. The summed E-state index contributed by atoms with van der Waals surface area (Å²) in [7, 11) is 0. The number of aromatic nitrogens is 2. The molecule has 1 aromatic heterocycles. The summed E-state index contributed by atoms with van der Waals surface area (Å²) in [5, 5.41) is 5.17. The van der Waals surface area contributed by atoms with Gasteiger partial charge in [-0.15, -0.1) is 13.2 Å². The van der Waals surface area contributed by atoms with Crippen molar-refractivity contribution in [2.45, 2.75) is 19.8 Å². The van der Waals surface area contributed by atoms with Crippen molar-refractivity contribution in [3.8, 4) is 5.75 Å². The van der Waals surface area contributed by atoms with Crippen molar-refractivity contribution in [3.05, 3.63) is 94.4 Å². The second kappa shape index (κ2) is 9.26. The van der Waals surface area contributed by atoms with E-state index in [0.29, 0.717) is 23.6 Å². The molecule has 2 N–H and O–H groups in total. The average Bonchev–Trinajstić information content (AvgIpc) is 2.78. The summed E-state index contributed by atoms with van der Waals surface area (Å²) in [5.74, 6) is -0.384. The monoisotopic (exact) mass is 468 g/mol. The van der Waals surface area contributed by atoms with Crippen molar-refractivity contribution >= 4 is 28.4 Å². The molecule has 7 nitrogen and oxygen atoms in total. The van der Waals surface area contributed by atoms with Crippen LogP contribution >= 0.6 is 0 Å². The highest BCUT2D eigenvalue weighted by Gasteiger charge is 2.30. The molecule has 4 aromatic rings. The minimum atomic E-state index is -4.78. The Morgan fingerprint density at radius 2 is 1.53 bits per heavy atom. The van der Waals surface area contributed by atoms with Crippen LogP contribution in [0.4, 0.5) is 29.3 Å². The Bertz CT molecular complexity index is 1380. The third-order valence-corrected chi connectivity index (χ3v) is 4.91. The van der Waals surface area contributed by atoms with Crippen molar-refractivity contribution < 1.29 is 22.7 Å². The molecule has 0 spiro atoms. The summed E-state index contributed by atoms with van der Waals surface area (Å²) in [6, 6.07) is 18.6. The lowest BCUT2D eigenvalue weighted by atomic mass is 10.2. The number of aryl methyl sites for hydroxylation is 1. The average molecular weight is 468 g/mol. The number of para-hydroxylation sites is 2. The van der Waals surface area contributed by atoms with Gasteiger partial charge in [-0.2, -0.15) is 0 Å². The fraction of sp³-hybridized carbons (Fsp3) is 0.125. The highest BCUT2D eigenvalue weighted by Crippen LogP contribution is 2.24. The number of carbonyl (C=O) groups is 1. The molecule has 174 valence electrons. The van der Waals surface area contributed by atoms with Gasteiger partial charge < -0.3 is 19.9 Å². The van der Waals surface area contributed by atoms with Crippen LogP contribution < -0.4 is 20.9 Å². The number of anilines is 2. The third-order valence-electron chi connectivity index (χ3n) is 4.91. The quantitative estimate of drug-likeness (QED) is 0.417. The Morgan fingerprint density at radius 3 is 2.15 bits per heavy atom. The SMILES string of the molecule is Cc1nc2ccccc2n(Cc2ccc(NC(=O)Nc3ccc(OC(F)(F)F)cc3)cc2)c1=O. The molecule has 0 fully saturated rings. The van der Waals surface area contributed by atoms with Gasteiger partial charge >= 0.3 is 12.4 Å². The maximum absolute atomic E-state index is 12.6. The zero-order valence-corrected chi connectivity index (χ0v) is 17.9. The van der Waals surface area contributed by atoms with Crippen LogP contribution in [0.25, 0.3) is 11.0 Å². The van der Waals surface area contributed by atoms with Crippen LogP contribution in [0.3, 0.4) is 0 Å². The van der Waals surface area contributed by atoms with Crippen LogP contribution in [0.5, 0.6) is 5.75 Å². The van der Waals surface area contributed by atoms with Crippen LogP contribution in [0, 0.1) is 6.92 Å². The number of urea groups is 1. The lowest BCUT2D eigenvalue weighted by molar-refractivity contribution is -0.274. The second-order valence-corrected chi connectivity index (χ2v) is 7.43. The number of nitrogens with one attached hydrogen (secondary N) is 2. The van der Waals surface area contributed by atoms with E-state index in [0.717, 1.165) is 28.7 Å². The van der Waals surface area contributed by atoms with Gasteiger partial charge in [-0.3, -0.25) is 4.79 Å². The number of hydrogen-bond acceptors (Lipinski definition) is 4. The molecular formula is C24H19F3N4O3. The van der Waals surface area contributed by atoms with Crippen molar-refractivity contribution in [1.29, 1.82) is 0 Å². The van der Waals surface area contributed by atoms with Gasteiger partial charge in [0, 0.05) is 11.4 Å². The number of carbonyl (C=O) groups excluding carboxylic acids is 1. The Balaban J connectivity index is 1.41. The van der Waals surface area contributed by atoms with E-state index < -0.39 is 12.4 Å². The van der Waals surface area contributed by atoms with Gasteiger partial charge in [0.2, 0.25) is 0 Å². The maximum Gasteiger partial charge on any atom is 0.573 e. The summed E-state index contributed by atoms with van der Waals surface area (Å²) in [6.45, 7) is 2.01. The first-order valence-electron chi connectivity index (χ1n) is 10.2. The minimum absolute atomic E-state index is 0.174. The van der Waals surface area contributed by atoms with E-state index in [4.69, 9.17) is 0 Å². The molecule has 2 amide bonds. The molecule has 0 aliphatic heterocycles. The predicted molar refractivity (Wildman–Crippen MR) is 122 cm³/mol. The van der Waals surface area contributed by atoms with E-state index in [2.05, 4.69) is 20.4 Å². The van der Waals surface area contributed by atoms with Crippen molar-refractivity contribution in [3.63, 3.8) is 0 Å². The third kappa shape index (κ3) is 5.52. The lowest BCUT2D eigenvalue weighted by Gasteiger charge is -2.12. The molecule has 0 radical (unpaired) electrons. The maximum atomic E-state index is 12.6. The van der Waals surface area contributed by atoms with E-state index in [9.17, 15) is 22.8 Å². The van der Waals surface area contributed by atoms with Gasteiger partial charge in [-0.1, -0.05) is 24.3 Å². The normalized spacial score (nSPS) is 11.3. The molecule has 4 rings (SSSR count). The highest BCUT2D eigenvalue weighted by atomic mass is 19.4. The lowest BCUT2D eigenvalue weighted by Crippen LogP contribution is -2.24. The van der Waals surface area contributed by atoms with Gasteiger partial charge in [0.05, 0.1) is 17.6 Å². The second-order valence-electron chi connectivity index (χ2n) is 7.43. The number of alkyl halides is 3. The fourth-order valence-electron chi connectivity index (χ4n) is 3.39. The van der Waals surface area contributed by atoms with E-state index in [1.54, 1.807) is 35.8 Å². The molecule has 34 heavy (non-hydrogen) atoms. The number of fused-ring (bicyclic) bond motifs is 1. The van der Waals surface area contributed by atoms with E-state index in [1.165, 1.54) is 12.1 Å². The number of benzene rings is 3. The van der Waals surface area contributed by atoms with Crippen LogP contribution in [0.15, 0.2) is 77.6 Å². The smallest absolute Gasteiger partial charge is 0.406 e. The Morgan fingerprint density at radius 1 is 0.941 bits per heavy atom. The van der Waals surface area contributed by atoms with Crippen LogP contribution in [0.2, 0.25) is 0 Å². The standard InChI is InChI=1S/C24H19F3N4O3/c1-15-22(32)31(21-5-3-2-4-20(21)28-15)14-16-6-8-17(9-7-16)29-23(33)30-18-10-12-19(13-11-18)34-24(25,26)27/h2-13H,14H2,1H3,(H2,29,30,33). The first-order chi connectivity index (χ1) is 16.2. The molecule has 0 unspecified atom stereocenters. The number of amides is 2. The van der Waals surface area contributed by atoms with Gasteiger partial charge in [0.15, 0.2) is 0 Å². The number of ether oxygens (including phenoxy) is 1. The van der Waals surface area contributed by atoms with Gasteiger partial charge in [-0.05, 0) is 61.0 Å². The largest absolute Gasteiger partial charge is 0.573 e. The number of halogens is 3. The first-order valence-corrected chi connectivity index (χ1v) is 10.2. The van der Waals surface area contributed by atoms with E-state index in [1.807, 2.05) is 24.3 Å². The van der Waals surface area contributed by atoms with Gasteiger partial charge in [0.1, 0.15) is 11.4 Å². The van der Waals surface area contributed by atoms with E-state index in [-0.39, 0.29) is 11.3 Å². The molecule has 0 saturated heterocycles. The molecule has 1 heterocycles. The predicted octanol–water partition coefficient (Wildman–Crippen LogP) is 5.30. The summed E-state index contributed by atoms with van der Waals surface area (Å²) >= 11 is 0. The first kappa shape index (κ1) is 22.8. The molecule has 0 aliphatic rings. The van der Waals surface area contributed by atoms with Crippen LogP contribution in [-0.2, 0) is 6.54 Å². The summed E-state index contributed by atoms with van der Waals surface area (Å²) in [5.41, 5.74) is 3.34. The van der Waals surface area contributed by atoms with Gasteiger partial charge in [-0.25, -0.2) is 9.78 Å². The van der Waals surface area contributed by atoms with Crippen molar-refractivity contribution in [2.24, 2.45) is 0 Å². The summed E-state index contributed by atoms with van der Waals surface area (Å²) in [6.07, 6.45) is -4.78. The number of hydrogen-bond donors (Lipinski definition) is 2. The zero-order chi connectivity index (χ0) is 24.3. The van der Waals surface area contributed by atoms with Crippen LogP contribution in [-0.4, -0.2) is 21.9 Å². The number of nitrogens with zero attached hydrogens (tertiary/aromatic N) is 2. The molecular weight excluding hydrogens is 449 g/mol. The Kier molecular flexibility index (Phi) is 6.22. The van der Waals surface area contributed by atoms with Crippen molar-refractivity contribution in [2.75, 3.05) is 10.6 Å². The fourth-order valence-corrected chi connectivity index (χ4v) is 3.39. The highest BCUT2D eigenvalue weighted by molar-refractivity contribution is 5.99. The van der Waals surface area contributed by atoms with E-state index >= 15 is 0 Å². The molecule has 0 bridgehead atoms. The minimum Gasteiger partial charge on any atom is -0.406 e. The molecule has 0 atom stereocenters.